The van der Waals surface area contributed by atoms with Crippen molar-refractivity contribution in [2.24, 2.45) is 4.99 Å². The van der Waals surface area contributed by atoms with Crippen molar-refractivity contribution < 1.29 is 9.53 Å². The molecule has 1 amide bonds. The first-order valence-corrected chi connectivity index (χ1v) is 4.07. The Kier molecular flexibility index (Phi) is 1.81. The molecule has 1 aromatic rings. The molecule has 0 atom stereocenters. The number of fused-ring (bicyclic) bond motifs is 1. The molecule has 0 saturated heterocycles. The summed E-state index contributed by atoms with van der Waals surface area (Å²) in [7, 11) is 1.53. The molecule has 13 heavy (non-hydrogen) atoms. The Morgan fingerprint density at radius 3 is 2.92 bits per heavy atom. The van der Waals surface area contributed by atoms with Crippen LogP contribution in [0.25, 0.3) is 6.08 Å². The monoisotopic (exact) mass is 195 g/mol. The van der Waals surface area contributed by atoms with E-state index in [-0.39, 0.29) is 5.91 Å². The van der Waals surface area contributed by atoms with Crippen LogP contribution in [0, 0.1) is 0 Å². The third-order valence-corrected chi connectivity index (χ3v) is 2.23. The number of halogens is 1. The minimum Gasteiger partial charge on any atom is -0.495 e. The number of carbonyl (C=O) groups excluding carboxylic acids is 1. The van der Waals surface area contributed by atoms with Gasteiger partial charge in [0.2, 0.25) is 0 Å². The predicted octanol–water partition coefficient (Wildman–Crippen LogP) is 0.289. The molecular formula is C9H6ClNO2. The van der Waals surface area contributed by atoms with Gasteiger partial charge in [-0.3, -0.25) is 4.79 Å². The molecule has 4 heteroatoms. The highest BCUT2D eigenvalue weighted by Gasteiger charge is 2.09. The van der Waals surface area contributed by atoms with Crippen LogP contribution in [0.2, 0.25) is 5.02 Å². The smallest absolute Gasteiger partial charge is 0.271 e. The van der Waals surface area contributed by atoms with Gasteiger partial charge in [0.1, 0.15) is 5.75 Å². The molecule has 0 unspecified atom stereocenters. The fraction of sp³-hybridized carbons (Fsp3) is 0.111. The van der Waals surface area contributed by atoms with Crippen molar-refractivity contribution in [3.63, 3.8) is 0 Å². The van der Waals surface area contributed by atoms with E-state index in [0.717, 1.165) is 0 Å². The molecule has 1 aliphatic heterocycles. The van der Waals surface area contributed by atoms with Crippen molar-refractivity contribution in [3.8, 4) is 5.75 Å². The molecule has 0 aromatic heterocycles. The maximum absolute atomic E-state index is 10.9. The van der Waals surface area contributed by atoms with E-state index in [0.29, 0.717) is 21.3 Å². The van der Waals surface area contributed by atoms with E-state index >= 15 is 0 Å². The van der Waals surface area contributed by atoms with Gasteiger partial charge in [-0.25, -0.2) is 4.99 Å². The SMILES string of the molecule is COc1ccc2c(c1Cl)=CC(=O)N=2. The molecule has 0 fully saturated rings. The Bertz CT molecular complexity index is 493. The molecule has 66 valence electrons. The second-order valence-electron chi connectivity index (χ2n) is 2.61. The van der Waals surface area contributed by atoms with Gasteiger partial charge < -0.3 is 4.74 Å². The van der Waals surface area contributed by atoms with E-state index in [9.17, 15) is 4.79 Å². The number of ether oxygens (including phenoxy) is 1. The Labute approximate surface area is 79.3 Å². The van der Waals surface area contributed by atoms with Crippen molar-refractivity contribution in [1.82, 2.24) is 0 Å². The van der Waals surface area contributed by atoms with E-state index in [1.54, 1.807) is 12.1 Å². The molecule has 1 heterocycles. The molecule has 1 aromatic carbocycles. The second-order valence-corrected chi connectivity index (χ2v) is 2.99. The molecule has 0 aliphatic carbocycles. The summed E-state index contributed by atoms with van der Waals surface area (Å²) in [6.07, 6.45) is 1.40. The lowest BCUT2D eigenvalue weighted by Gasteiger charge is -2.00. The van der Waals surface area contributed by atoms with Crippen LogP contribution in [0.3, 0.4) is 0 Å². The van der Waals surface area contributed by atoms with Crippen molar-refractivity contribution in [1.29, 1.82) is 0 Å². The molecule has 0 saturated carbocycles. The van der Waals surface area contributed by atoms with Crippen LogP contribution in [-0.4, -0.2) is 13.0 Å². The average molecular weight is 196 g/mol. The third kappa shape index (κ3) is 1.21. The van der Waals surface area contributed by atoms with Crippen LogP contribution < -0.4 is 15.3 Å². The number of hydrogen-bond donors (Lipinski definition) is 0. The van der Waals surface area contributed by atoms with Crippen LogP contribution in [-0.2, 0) is 4.79 Å². The first-order chi connectivity index (χ1) is 6.22. The summed E-state index contributed by atoms with van der Waals surface area (Å²) in [4.78, 5) is 14.7. The van der Waals surface area contributed by atoms with Crippen molar-refractivity contribution in [2.45, 2.75) is 0 Å². The van der Waals surface area contributed by atoms with Crippen LogP contribution in [0.4, 0.5) is 0 Å². The topological polar surface area (TPSA) is 38.7 Å². The highest BCUT2D eigenvalue weighted by molar-refractivity contribution is 6.32. The van der Waals surface area contributed by atoms with E-state index in [4.69, 9.17) is 16.3 Å². The molecule has 0 radical (unpaired) electrons. The van der Waals surface area contributed by atoms with Gasteiger partial charge in [0, 0.05) is 11.3 Å². The lowest BCUT2D eigenvalue weighted by atomic mass is 10.2. The quantitative estimate of drug-likeness (QED) is 0.646. The van der Waals surface area contributed by atoms with Crippen LogP contribution in [0.5, 0.6) is 5.75 Å². The first-order valence-electron chi connectivity index (χ1n) is 3.69. The van der Waals surface area contributed by atoms with E-state index in [2.05, 4.69) is 4.99 Å². The minimum absolute atomic E-state index is 0.273. The highest BCUT2D eigenvalue weighted by atomic mass is 35.5. The highest BCUT2D eigenvalue weighted by Crippen LogP contribution is 2.17. The summed E-state index contributed by atoms with van der Waals surface area (Å²) in [5, 5.41) is 1.69. The fourth-order valence-corrected chi connectivity index (χ4v) is 1.52. The molecule has 0 spiro atoms. The number of amides is 1. The largest absolute Gasteiger partial charge is 0.495 e. The summed E-state index contributed by atoms with van der Waals surface area (Å²) in [6.45, 7) is 0. The maximum Gasteiger partial charge on any atom is 0.271 e. The molecule has 2 rings (SSSR count). The van der Waals surface area contributed by atoms with Gasteiger partial charge in [0.05, 0.1) is 17.5 Å². The Hall–Kier alpha value is -1.35. The average Bonchev–Trinajstić information content (AvgIpc) is 2.47. The number of nitrogens with zero attached hydrogens (tertiary/aromatic N) is 1. The summed E-state index contributed by atoms with van der Waals surface area (Å²) in [5.74, 6) is 0.284. The fourth-order valence-electron chi connectivity index (χ4n) is 1.23. The van der Waals surface area contributed by atoms with E-state index < -0.39 is 0 Å². The summed E-state index contributed by atoms with van der Waals surface area (Å²) in [6, 6.07) is 3.40. The van der Waals surface area contributed by atoms with Gasteiger partial charge in [-0.1, -0.05) is 11.6 Å². The Morgan fingerprint density at radius 1 is 1.46 bits per heavy atom. The lowest BCUT2D eigenvalue weighted by Crippen LogP contribution is -2.22. The number of carbonyl (C=O) groups is 1. The standard InChI is InChI=1S/C9H6ClNO2/c1-13-7-3-2-6-5(9(7)10)4-8(12)11-6/h2-4H,1H3. The molecule has 1 aliphatic rings. The van der Waals surface area contributed by atoms with E-state index in [1.807, 2.05) is 0 Å². The van der Waals surface area contributed by atoms with Crippen molar-refractivity contribution in [2.75, 3.05) is 7.11 Å². The van der Waals surface area contributed by atoms with Crippen LogP contribution in [0.1, 0.15) is 0 Å². The van der Waals surface area contributed by atoms with Crippen LogP contribution >= 0.6 is 11.6 Å². The molecular weight excluding hydrogens is 190 g/mol. The third-order valence-electron chi connectivity index (χ3n) is 1.84. The minimum atomic E-state index is -0.273. The van der Waals surface area contributed by atoms with Crippen molar-refractivity contribution >= 4 is 23.6 Å². The normalized spacial score (nSPS) is 13.2. The first kappa shape index (κ1) is 8.26. The van der Waals surface area contributed by atoms with Gasteiger partial charge in [0.15, 0.2) is 0 Å². The molecule has 3 nitrogen and oxygen atoms in total. The van der Waals surface area contributed by atoms with Crippen LogP contribution in [0.15, 0.2) is 17.1 Å². The van der Waals surface area contributed by atoms with Gasteiger partial charge >= 0.3 is 0 Å². The van der Waals surface area contributed by atoms with Gasteiger partial charge in [-0.2, -0.15) is 0 Å². The van der Waals surface area contributed by atoms with Gasteiger partial charge in [-0.05, 0) is 12.1 Å². The number of hydrogen-bond acceptors (Lipinski definition) is 2. The zero-order valence-corrected chi connectivity index (χ0v) is 7.63. The number of benzene rings is 1. The summed E-state index contributed by atoms with van der Waals surface area (Å²) >= 11 is 5.95. The second kappa shape index (κ2) is 2.85. The summed E-state index contributed by atoms with van der Waals surface area (Å²) < 4.78 is 5.00. The number of methoxy groups -OCH3 is 1. The molecule has 0 bridgehead atoms. The Balaban J connectivity index is 2.83. The molecule has 0 N–H and O–H groups in total. The van der Waals surface area contributed by atoms with E-state index in [1.165, 1.54) is 13.2 Å². The maximum atomic E-state index is 10.9. The van der Waals surface area contributed by atoms with Gasteiger partial charge in [0.25, 0.3) is 5.91 Å². The zero-order valence-electron chi connectivity index (χ0n) is 6.87. The lowest BCUT2D eigenvalue weighted by molar-refractivity contribution is -0.112. The van der Waals surface area contributed by atoms with Gasteiger partial charge in [-0.15, -0.1) is 0 Å². The predicted molar refractivity (Wildman–Crippen MR) is 48.3 cm³/mol. The number of rotatable bonds is 1. The zero-order chi connectivity index (χ0) is 9.42. The van der Waals surface area contributed by atoms with Crippen molar-refractivity contribution in [3.05, 3.63) is 27.7 Å². The Morgan fingerprint density at radius 2 is 2.23 bits per heavy atom. The summed E-state index contributed by atoms with van der Waals surface area (Å²) in [5.41, 5.74) is 0.